The molecule has 0 bridgehead atoms. The summed E-state index contributed by atoms with van der Waals surface area (Å²) in [7, 11) is 0. The lowest BCUT2D eigenvalue weighted by Crippen LogP contribution is -2.11. The Balaban J connectivity index is 2.03. The molecule has 0 N–H and O–H groups in total. The average Bonchev–Trinajstić information content (AvgIpc) is 2.43. The Morgan fingerprint density at radius 2 is 2.11 bits per heavy atom. The highest BCUT2D eigenvalue weighted by Crippen LogP contribution is 2.58. The molecule has 2 unspecified atom stereocenters. The van der Waals surface area contributed by atoms with Gasteiger partial charge in [0.25, 0.3) is 0 Å². The van der Waals surface area contributed by atoms with Gasteiger partial charge in [0, 0.05) is 0 Å². The Morgan fingerprint density at radius 1 is 1.11 bits per heavy atom. The third-order valence-electron chi connectivity index (χ3n) is 3.34. The Hall–Kier alpha value is -0.260. The standard InChI is InChI=1S/C9H12/c1-2-7-5-9(7)8-4-3-6(1)8/h7,9H,1-5H2. The average molecular weight is 120 g/mol. The second kappa shape index (κ2) is 1.25. The molecule has 48 valence electrons. The first-order chi connectivity index (χ1) is 4.45. The minimum absolute atomic E-state index is 1.11. The smallest absolute Gasteiger partial charge is 0.0169 e. The van der Waals surface area contributed by atoms with Gasteiger partial charge in [0.15, 0.2) is 0 Å². The maximum atomic E-state index is 1.89. The molecular formula is C9H12. The molecule has 3 rings (SSSR count). The minimum Gasteiger partial charge on any atom is -0.0704 e. The number of hydrogen-bond donors (Lipinski definition) is 0. The summed E-state index contributed by atoms with van der Waals surface area (Å²) in [6, 6.07) is 0. The van der Waals surface area contributed by atoms with Gasteiger partial charge in [-0.15, -0.1) is 0 Å². The van der Waals surface area contributed by atoms with Crippen molar-refractivity contribution in [1.82, 2.24) is 0 Å². The van der Waals surface area contributed by atoms with Gasteiger partial charge in [-0.1, -0.05) is 11.1 Å². The molecule has 0 aromatic carbocycles. The van der Waals surface area contributed by atoms with Gasteiger partial charge in [0.1, 0.15) is 0 Å². The fraction of sp³-hybridized carbons (Fsp3) is 0.778. The van der Waals surface area contributed by atoms with Gasteiger partial charge in [-0.25, -0.2) is 0 Å². The molecule has 0 nitrogen and oxygen atoms in total. The van der Waals surface area contributed by atoms with Crippen LogP contribution in [0.5, 0.6) is 0 Å². The molecule has 0 saturated heterocycles. The van der Waals surface area contributed by atoms with Crippen molar-refractivity contribution in [1.29, 1.82) is 0 Å². The van der Waals surface area contributed by atoms with E-state index in [1.165, 1.54) is 25.7 Å². The molecule has 3 aliphatic rings. The minimum atomic E-state index is 1.11. The summed E-state index contributed by atoms with van der Waals surface area (Å²) >= 11 is 0. The largest absolute Gasteiger partial charge is 0.0704 e. The predicted molar refractivity (Wildman–Crippen MR) is 37.1 cm³/mol. The lowest BCUT2D eigenvalue weighted by Gasteiger charge is -2.27. The van der Waals surface area contributed by atoms with E-state index in [9.17, 15) is 0 Å². The molecule has 0 heterocycles. The fourth-order valence-corrected chi connectivity index (χ4v) is 2.53. The lowest BCUT2D eigenvalue weighted by molar-refractivity contribution is 0.550. The van der Waals surface area contributed by atoms with Crippen molar-refractivity contribution in [2.75, 3.05) is 0 Å². The van der Waals surface area contributed by atoms with Crippen molar-refractivity contribution in [3.05, 3.63) is 11.1 Å². The second-order valence-electron chi connectivity index (χ2n) is 3.77. The maximum absolute atomic E-state index is 1.89. The van der Waals surface area contributed by atoms with Crippen LogP contribution in [0.2, 0.25) is 0 Å². The first-order valence-electron chi connectivity index (χ1n) is 4.16. The zero-order valence-corrected chi connectivity index (χ0v) is 5.69. The van der Waals surface area contributed by atoms with Crippen LogP contribution in [0, 0.1) is 11.8 Å². The highest BCUT2D eigenvalue weighted by atomic mass is 14.5. The molecule has 0 aromatic rings. The van der Waals surface area contributed by atoms with Crippen LogP contribution < -0.4 is 0 Å². The molecule has 1 fully saturated rings. The summed E-state index contributed by atoms with van der Waals surface area (Å²) < 4.78 is 0. The van der Waals surface area contributed by atoms with Crippen molar-refractivity contribution in [3.8, 4) is 0 Å². The van der Waals surface area contributed by atoms with Crippen molar-refractivity contribution in [3.63, 3.8) is 0 Å². The topological polar surface area (TPSA) is 0 Å². The van der Waals surface area contributed by atoms with E-state index in [-0.39, 0.29) is 0 Å². The van der Waals surface area contributed by atoms with Crippen molar-refractivity contribution in [2.24, 2.45) is 11.8 Å². The van der Waals surface area contributed by atoms with E-state index in [0.717, 1.165) is 11.8 Å². The number of rotatable bonds is 0. The number of allylic oxidation sites excluding steroid dienone is 2. The Labute approximate surface area is 56.0 Å². The SMILES string of the molecule is C1CC2=C1CCC1CC21. The lowest BCUT2D eigenvalue weighted by atomic mass is 9.78. The van der Waals surface area contributed by atoms with Gasteiger partial charge in [0.2, 0.25) is 0 Å². The molecule has 2 atom stereocenters. The van der Waals surface area contributed by atoms with Crippen LogP contribution in [-0.2, 0) is 0 Å². The van der Waals surface area contributed by atoms with E-state index in [1.54, 1.807) is 6.42 Å². The van der Waals surface area contributed by atoms with Gasteiger partial charge in [-0.05, 0) is 43.9 Å². The number of hydrogen-bond acceptors (Lipinski definition) is 0. The van der Waals surface area contributed by atoms with E-state index >= 15 is 0 Å². The van der Waals surface area contributed by atoms with Crippen LogP contribution in [0.1, 0.15) is 32.1 Å². The van der Waals surface area contributed by atoms with Crippen molar-refractivity contribution in [2.45, 2.75) is 32.1 Å². The van der Waals surface area contributed by atoms with Gasteiger partial charge >= 0.3 is 0 Å². The van der Waals surface area contributed by atoms with E-state index in [2.05, 4.69) is 0 Å². The molecule has 9 heavy (non-hydrogen) atoms. The highest BCUT2D eigenvalue weighted by Gasteiger charge is 2.45. The zero-order chi connectivity index (χ0) is 5.84. The van der Waals surface area contributed by atoms with Crippen LogP contribution in [0.3, 0.4) is 0 Å². The van der Waals surface area contributed by atoms with Crippen LogP contribution in [0.15, 0.2) is 11.1 Å². The van der Waals surface area contributed by atoms with E-state index in [4.69, 9.17) is 0 Å². The fourth-order valence-electron chi connectivity index (χ4n) is 2.53. The van der Waals surface area contributed by atoms with E-state index in [1.807, 2.05) is 11.1 Å². The monoisotopic (exact) mass is 120 g/mol. The Bertz CT molecular complexity index is 188. The zero-order valence-electron chi connectivity index (χ0n) is 5.69. The van der Waals surface area contributed by atoms with Gasteiger partial charge < -0.3 is 0 Å². The maximum Gasteiger partial charge on any atom is -0.0169 e. The van der Waals surface area contributed by atoms with Crippen LogP contribution >= 0.6 is 0 Å². The predicted octanol–water partition coefficient (Wildman–Crippen LogP) is 2.51. The molecular weight excluding hydrogens is 108 g/mol. The highest BCUT2D eigenvalue weighted by molar-refractivity contribution is 5.34. The van der Waals surface area contributed by atoms with Crippen molar-refractivity contribution < 1.29 is 0 Å². The molecule has 1 saturated carbocycles. The first kappa shape index (κ1) is 4.54. The first-order valence-corrected chi connectivity index (χ1v) is 4.16. The van der Waals surface area contributed by atoms with Crippen LogP contribution in [-0.4, -0.2) is 0 Å². The molecule has 0 radical (unpaired) electrons. The van der Waals surface area contributed by atoms with Crippen molar-refractivity contribution >= 4 is 0 Å². The van der Waals surface area contributed by atoms with Crippen LogP contribution in [0.25, 0.3) is 0 Å². The van der Waals surface area contributed by atoms with Gasteiger partial charge in [-0.2, -0.15) is 0 Å². The van der Waals surface area contributed by atoms with Crippen LogP contribution in [0.4, 0.5) is 0 Å². The summed E-state index contributed by atoms with van der Waals surface area (Å²) in [6.45, 7) is 0. The third-order valence-corrected chi connectivity index (χ3v) is 3.34. The summed E-state index contributed by atoms with van der Waals surface area (Å²) in [6.07, 6.45) is 7.48. The number of fused-ring (bicyclic) bond motifs is 2. The molecule has 0 spiro atoms. The Morgan fingerprint density at radius 3 is 2.78 bits per heavy atom. The summed E-state index contributed by atoms with van der Waals surface area (Å²) in [4.78, 5) is 0. The Kier molecular flexibility index (Phi) is 0.633. The molecule has 0 amide bonds. The third kappa shape index (κ3) is 0.452. The molecule has 3 aliphatic carbocycles. The van der Waals surface area contributed by atoms with E-state index < -0.39 is 0 Å². The molecule has 0 aliphatic heterocycles. The quantitative estimate of drug-likeness (QED) is 0.431. The van der Waals surface area contributed by atoms with E-state index in [0.29, 0.717) is 0 Å². The molecule has 0 heteroatoms. The second-order valence-corrected chi connectivity index (χ2v) is 3.77. The van der Waals surface area contributed by atoms with Gasteiger partial charge in [0.05, 0.1) is 0 Å². The normalized spacial score (nSPS) is 45.3. The summed E-state index contributed by atoms with van der Waals surface area (Å²) in [5.41, 5.74) is 3.75. The summed E-state index contributed by atoms with van der Waals surface area (Å²) in [5, 5.41) is 0. The van der Waals surface area contributed by atoms with Gasteiger partial charge in [-0.3, -0.25) is 0 Å². The summed E-state index contributed by atoms with van der Waals surface area (Å²) in [5.74, 6) is 2.27. The molecule has 0 aromatic heterocycles.